The minimum Gasteiger partial charge on any atom is -0.491 e. The Balaban J connectivity index is 1.75. The van der Waals surface area contributed by atoms with Crippen LogP contribution in [0.5, 0.6) is 5.75 Å². The van der Waals surface area contributed by atoms with E-state index >= 15 is 0 Å². The summed E-state index contributed by atoms with van der Waals surface area (Å²) in [6, 6.07) is 1.61. The fourth-order valence-electron chi connectivity index (χ4n) is 3.62. The molecule has 1 saturated carbocycles. The molecule has 1 fully saturated rings. The number of halogens is 3. The van der Waals surface area contributed by atoms with Crippen LogP contribution >= 0.6 is 0 Å². The van der Waals surface area contributed by atoms with Gasteiger partial charge in [-0.15, -0.1) is 10.2 Å². The van der Waals surface area contributed by atoms with Crippen molar-refractivity contribution in [2.75, 3.05) is 6.61 Å². The molecule has 0 bridgehead atoms. The quantitative estimate of drug-likeness (QED) is 0.626. The second-order valence-electron chi connectivity index (χ2n) is 7.55. The summed E-state index contributed by atoms with van der Waals surface area (Å²) in [6.07, 6.45) is 2.06. The monoisotopic (exact) mass is 446 g/mol. The van der Waals surface area contributed by atoms with Crippen LogP contribution in [0, 0.1) is 12.7 Å². The van der Waals surface area contributed by atoms with Crippen molar-refractivity contribution >= 4 is 10.0 Å². The third-order valence-corrected chi connectivity index (χ3v) is 6.59. The SMILES string of the molecule is CCCCOc1ccc(S(=O)(=O)NC2CC(n3cnnc3C)CC(F)(F)C2)cc1F. The molecule has 0 radical (unpaired) electrons. The Labute approximate surface area is 173 Å². The molecule has 0 saturated heterocycles. The van der Waals surface area contributed by atoms with Crippen LogP contribution in [0.1, 0.15) is 50.9 Å². The maximum Gasteiger partial charge on any atom is 0.251 e. The van der Waals surface area contributed by atoms with Gasteiger partial charge in [0.2, 0.25) is 10.0 Å². The number of unbranched alkanes of at least 4 members (excludes halogenated alkanes) is 1. The number of benzene rings is 1. The second-order valence-corrected chi connectivity index (χ2v) is 9.27. The Morgan fingerprint density at radius 3 is 2.73 bits per heavy atom. The van der Waals surface area contributed by atoms with Crippen LogP contribution in [0.25, 0.3) is 0 Å². The van der Waals surface area contributed by atoms with Crippen molar-refractivity contribution in [3.8, 4) is 5.75 Å². The van der Waals surface area contributed by atoms with E-state index in [1.54, 1.807) is 6.92 Å². The number of hydrogen-bond acceptors (Lipinski definition) is 5. The highest BCUT2D eigenvalue weighted by Crippen LogP contribution is 2.40. The van der Waals surface area contributed by atoms with Gasteiger partial charge in [-0.25, -0.2) is 26.3 Å². The van der Waals surface area contributed by atoms with E-state index in [0.29, 0.717) is 12.4 Å². The van der Waals surface area contributed by atoms with Crippen LogP contribution in [-0.2, 0) is 10.0 Å². The summed E-state index contributed by atoms with van der Waals surface area (Å²) in [6.45, 7) is 3.93. The summed E-state index contributed by atoms with van der Waals surface area (Å²) in [4.78, 5) is -0.339. The van der Waals surface area contributed by atoms with Gasteiger partial charge in [0.05, 0.1) is 11.5 Å². The number of sulfonamides is 1. The Morgan fingerprint density at radius 2 is 2.10 bits per heavy atom. The van der Waals surface area contributed by atoms with Crippen LogP contribution in [-0.4, -0.2) is 41.8 Å². The Kier molecular flexibility index (Phi) is 6.71. The molecule has 0 spiro atoms. The number of alkyl halides is 2. The van der Waals surface area contributed by atoms with Gasteiger partial charge < -0.3 is 9.30 Å². The zero-order valence-electron chi connectivity index (χ0n) is 16.8. The van der Waals surface area contributed by atoms with Crippen LogP contribution in [0.15, 0.2) is 29.4 Å². The van der Waals surface area contributed by atoms with Crippen molar-refractivity contribution in [3.05, 3.63) is 36.2 Å². The predicted molar refractivity (Wildman–Crippen MR) is 104 cm³/mol. The molecule has 11 heteroatoms. The number of aromatic nitrogens is 3. The van der Waals surface area contributed by atoms with E-state index in [9.17, 15) is 21.6 Å². The minimum atomic E-state index is -4.20. The molecule has 1 aliphatic carbocycles. The summed E-state index contributed by atoms with van der Waals surface area (Å²) in [5.41, 5.74) is 0. The number of ether oxygens (including phenoxy) is 1. The van der Waals surface area contributed by atoms with Gasteiger partial charge in [-0.05, 0) is 38.0 Å². The van der Waals surface area contributed by atoms with Crippen LogP contribution in [0.2, 0.25) is 0 Å². The van der Waals surface area contributed by atoms with Gasteiger partial charge in [0, 0.05) is 24.9 Å². The summed E-state index contributed by atoms with van der Waals surface area (Å²) < 4.78 is 77.4. The van der Waals surface area contributed by atoms with Gasteiger partial charge >= 0.3 is 0 Å². The van der Waals surface area contributed by atoms with Crippen molar-refractivity contribution < 1.29 is 26.3 Å². The van der Waals surface area contributed by atoms with Crippen molar-refractivity contribution in [2.24, 2.45) is 0 Å². The molecule has 2 atom stereocenters. The standard InChI is InChI=1S/C19H25F3N4O3S/c1-3-4-7-29-18-6-5-16(9-17(18)20)30(27,28)25-14-8-15(11-19(21,22)10-14)26-12-23-24-13(26)2/h5-6,9,12,14-15,25H,3-4,7-8,10-11H2,1-2H3. The van der Waals surface area contributed by atoms with E-state index in [4.69, 9.17) is 4.74 Å². The molecule has 0 aliphatic heterocycles. The fraction of sp³-hybridized carbons (Fsp3) is 0.579. The van der Waals surface area contributed by atoms with Gasteiger partial charge in [0.15, 0.2) is 11.6 Å². The third-order valence-electron chi connectivity index (χ3n) is 5.07. The molecule has 2 unspecified atom stereocenters. The van der Waals surface area contributed by atoms with E-state index in [1.807, 2.05) is 6.92 Å². The average molecular weight is 446 g/mol. The van der Waals surface area contributed by atoms with Gasteiger partial charge in [0.25, 0.3) is 5.92 Å². The Bertz CT molecular complexity index is 981. The first-order valence-electron chi connectivity index (χ1n) is 9.80. The molecule has 0 amide bonds. The molecular weight excluding hydrogens is 421 g/mol. The predicted octanol–water partition coefficient (Wildman–Crippen LogP) is 3.61. The lowest BCUT2D eigenvalue weighted by molar-refractivity contribution is -0.0579. The number of rotatable bonds is 8. The molecule has 3 rings (SSSR count). The van der Waals surface area contributed by atoms with Crippen molar-refractivity contribution in [2.45, 2.75) is 68.9 Å². The van der Waals surface area contributed by atoms with E-state index in [0.717, 1.165) is 18.9 Å². The summed E-state index contributed by atoms with van der Waals surface area (Å²) in [5, 5.41) is 7.52. The van der Waals surface area contributed by atoms with Crippen LogP contribution < -0.4 is 9.46 Å². The molecule has 166 valence electrons. The molecular formula is C19H25F3N4O3S. The van der Waals surface area contributed by atoms with Crippen LogP contribution in [0.4, 0.5) is 13.2 Å². The highest BCUT2D eigenvalue weighted by atomic mass is 32.2. The normalized spacial score (nSPS) is 21.5. The fourth-order valence-corrected chi connectivity index (χ4v) is 4.88. The average Bonchev–Trinajstić information content (AvgIpc) is 3.07. The zero-order chi connectivity index (χ0) is 21.9. The largest absolute Gasteiger partial charge is 0.491 e. The van der Waals surface area contributed by atoms with Gasteiger partial charge in [-0.2, -0.15) is 0 Å². The van der Waals surface area contributed by atoms with Gasteiger partial charge in [0.1, 0.15) is 12.2 Å². The van der Waals surface area contributed by atoms with Gasteiger partial charge in [-0.3, -0.25) is 0 Å². The van der Waals surface area contributed by atoms with Gasteiger partial charge in [-0.1, -0.05) is 13.3 Å². The first-order chi connectivity index (χ1) is 14.1. The summed E-state index contributed by atoms with van der Waals surface area (Å²) in [7, 11) is -4.20. The van der Waals surface area contributed by atoms with Crippen molar-refractivity contribution in [1.29, 1.82) is 0 Å². The van der Waals surface area contributed by atoms with Crippen molar-refractivity contribution in [3.63, 3.8) is 0 Å². The van der Waals surface area contributed by atoms with E-state index in [2.05, 4.69) is 14.9 Å². The summed E-state index contributed by atoms with van der Waals surface area (Å²) >= 11 is 0. The van der Waals surface area contributed by atoms with E-state index in [1.165, 1.54) is 23.0 Å². The lowest BCUT2D eigenvalue weighted by Crippen LogP contribution is -2.45. The highest BCUT2D eigenvalue weighted by Gasteiger charge is 2.43. The van der Waals surface area contributed by atoms with E-state index < -0.39 is 46.7 Å². The molecule has 2 aromatic rings. The highest BCUT2D eigenvalue weighted by molar-refractivity contribution is 7.89. The number of nitrogens with one attached hydrogen (secondary N) is 1. The first kappa shape index (κ1) is 22.5. The number of nitrogens with zero attached hydrogens (tertiary/aromatic N) is 3. The molecule has 1 heterocycles. The molecule has 1 N–H and O–H groups in total. The third kappa shape index (κ3) is 5.31. The molecule has 7 nitrogen and oxygen atoms in total. The Morgan fingerprint density at radius 1 is 1.33 bits per heavy atom. The lowest BCUT2D eigenvalue weighted by Gasteiger charge is -2.35. The number of hydrogen-bond donors (Lipinski definition) is 1. The van der Waals surface area contributed by atoms with E-state index in [-0.39, 0.29) is 17.1 Å². The first-order valence-corrected chi connectivity index (χ1v) is 11.3. The molecule has 1 aromatic carbocycles. The van der Waals surface area contributed by atoms with Crippen molar-refractivity contribution in [1.82, 2.24) is 19.5 Å². The molecule has 30 heavy (non-hydrogen) atoms. The topological polar surface area (TPSA) is 86.1 Å². The lowest BCUT2D eigenvalue weighted by atomic mass is 9.88. The minimum absolute atomic E-state index is 0.0465. The maximum absolute atomic E-state index is 14.3. The Hall–Kier alpha value is -2.14. The smallest absolute Gasteiger partial charge is 0.251 e. The number of aryl methyl sites for hydroxylation is 1. The zero-order valence-corrected chi connectivity index (χ0v) is 17.6. The molecule has 1 aromatic heterocycles. The second kappa shape index (κ2) is 8.93. The summed E-state index contributed by atoms with van der Waals surface area (Å²) in [5.74, 6) is -3.45. The van der Waals surface area contributed by atoms with Crippen LogP contribution in [0.3, 0.4) is 0 Å². The molecule has 1 aliphatic rings. The maximum atomic E-state index is 14.3.